The van der Waals surface area contributed by atoms with Gasteiger partial charge in [-0.25, -0.2) is 0 Å². The summed E-state index contributed by atoms with van der Waals surface area (Å²) in [5, 5.41) is 0. The van der Waals surface area contributed by atoms with Crippen molar-refractivity contribution in [1.29, 1.82) is 0 Å². The Hall–Kier alpha value is 0.220. The minimum atomic E-state index is -4.73. The van der Waals surface area contributed by atoms with E-state index in [4.69, 9.17) is 4.11 Å². The number of halogens is 5. The van der Waals surface area contributed by atoms with Crippen molar-refractivity contribution in [2.75, 3.05) is 0 Å². The van der Waals surface area contributed by atoms with Crippen LogP contribution >= 0.6 is 38.5 Å². The number of rotatable bonds is 0. The van der Waals surface area contributed by atoms with E-state index in [-0.39, 0.29) is 3.57 Å². The van der Waals surface area contributed by atoms with Crippen LogP contribution in [0.15, 0.2) is 22.6 Å². The molecule has 0 atom stereocenters. The maximum absolute atomic E-state index is 12.5. The third kappa shape index (κ3) is 2.35. The molecule has 1 aromatic carbocycles. The zero-order valence-corrected chi connectivity index (χ0v) is 9.13. The molecule has 0 aromatic heterocycles. The maximum atomic E-state index is 12.5. The van der Waals surface area contributed by atoms with Crippen molar-refractivity contribution in [2.45, 2.75) is 6.18 Å². The SMILES string of the molecule is [2H]c1c([2H])c(C(F)(F)F)c(Br)c([2H])c1I. The van der Waals surface area contributed by atoms with Crippen molar-refractivity contribution >= 4 is 38.5 Å². The van der Waals surface area contributed by atoms with Crippen LogP contribution in [0, 0.1) is 3.57 Å². The Balaban J connectivity index is 3.68. The monoisotopic (exact) mass is 353 g/mol. The maximum Gasteiger partial charge on any atom is 0.417 e. The van der Waals surface area contributed by atoms with E-state index in [0.717, 1.165) is 0 Å². The normalized spacial score (nSPS) is 15.2. The smallest absolute Gasteiger partial charge is 0.166 e. The van der Waals surface area contributed by atoms with E-state index < -0.39 is 34.3 Å². The van der Waals surface area contributed by atoms with Crippen LogP contribution in [0.25, 0.3) is 0 Å². The molecule has 0 N–H and O–H groups in total. The molecular formula is C7H3BrF3I. The molecule has 0 spiro atoms. The van der Waals surface area contributed by atoms with Crippen LogP contribution in [-0.4, -0.2) is 0 Å². The molecule has 0 aliphatic heterocycles. The molecule has 66 valence electrons. The van der Waals surface area contributed by atoms with Crippen molar-refractivity contribution < 1.29 is 17.3 Å². The number of alkyl halides is 3. The Kier molecular flexibility index (Phi) is 1.95. The molecule has 0 fully saturated rings. The van der Waals surface area contributed by atoms with Gasteiger partial charge in [-0.1, -0.05) is 15.9 Å². The summed E-state index contributed by atoms with van der Waals surface area (Å²) >= 11 is 4.21. The molecule has 0 amide bonds. The fourth-order valence-electron chi connectivity index (χ4n) is 0.558. The first-order valence-electron chi connectivity index (χ1n) is 4.19. The third-order valence-electron chi connectivity index (χ3n) is 1.02. The molecule has 0 bridgehead atoms. The van der Waals surface area contributed by atoms with Crippen LogP contribution in [0.2, 0.25) is 0 Å². The standard InChI is InChI=1S/C7H3BrF3I/c8-6-3-4(12)1-2-5(6)7(9,10)11/h1-3H/i1D,2D,3D. The summed E-state index contributed by atoms with van der Waals surface area (Å²) in [4.78, 5) is 0. The minimum Gasteiger partial charge on any atom is -0.166 e. The largest absolute Gasteiger partial charge is 0.417 e. The highest BCUT2D eigenvalue weighted by molar-refractivity contribution is 14.1. The first-order chi connectivity index (χ1) is 6.68. The average molecular weight is 354 g/mol. The highest BCUT2D eigenvalue weighted by Crippen LogP contribution is 2.35. The summed E-state index contributed by atoms with van der Waals surface area (Å²) in [7, 11) is 0. The number of hydrogen-bond donors (Lipinski definition) is 0. The Morgan fingerprint density at radius 1 is 1.42 bits per heavy atom. The van der Waals surface area contributed by atoms with Crippen molar-refractivity contribution in [3.05, 3.63) is 31.7 Å². The van der Waals surface area contributed by atoms with E-state index >= 15 is 0 Å². The van der Waals surface area contributed by atoms with Crippen LogP contribution in [0.4, 0.5) is 13.2 Å². The van der Waals surface area contributed by atoms with Crippen LogP contribution in [-0.2, 0) is 6.18 Å². The second kappa shape index (κ2) is 3.53. The summed E-state index contributed by atoms with van der Waals surface area (Å²) in [6, 6.07) is -1.89. The highest BCUT2D eigenvalue weighted by Gasteiger charge is 2.32. The first-order valence-corrected chi connectivity index (χ1v) is 4.57. The lowest BCUT2D eigenvalue weighted by Crippen LogP contribution is -2.05. The second-order valence-electron chi connectivity index (χ2n) is 1.88. The van der Waals surface area contributed by atoms with Crippen LogP contribution in [0.1, 0.15) is 9.68 Å². The van der Waals surface area contributed by atoms with Crippen molar-refractivity contribution in [3.63, 3.8) is 0 Å². The van der Waals surface area contributed by atoms with Crippen LogP contribution in [0.5, 0.6) is 0 Å². The van der Waals surface area contributed by atoms with Gasteiger partial charge in [-0.3, -0.25) is 0 Å². The van der Waals surface area contributed by atoms with Gasteiger partial charge in [-0.15, -0.1) is 0 Å². The fourth-order valence-corrected chi connectivity index (χ4v) is 1.85. The van der Waals surface area contributed by atoms with Crippen LogP contribution in [0.3, 0.4) is 0 Å². The summed E-state index contributed by atoms with van der Waals surface area (Å²) in [6.07, 6.45) is -4.73. The van der Waals surface area contributed by atoms with Crippen molar-refractivity contribution in [3.8, 4) is 0 Å². The Bertz CT molecular complexity index is 390. The van der Waals surface area contributed by atoms with Gasteiger partial charge in [0.1, 0.15) is 0 Å². The minimum absolute atomic E-state index is 0.0254. The Labute approximate surface area is 93.6 Å². The van der Waals surface area contributed by atoms with E-state index in [1.165, 1.54) is 0 Å². The molecule has 0 heterocycles. The summed E-state index contributed by atoms with van der Waals surface area (Å²) in [5.74, 6) is 0. The van der Waals surface area contributed by atoms with Crippen molar-refractivity contribution in [2.24, 2.45) is 0 Å². The van der Waals surface area contributed by atoms with Crippen LogP contribution < -0.4 is 0 Å². The predicted molar refractivity (Wildman–Crippen MR) is 51.9 cm³/mol. The van der Waals surface area contributed by atoms with Gasteiger partial charge in [0.15, 0.2) is 0 Å². The Morgan fingerprint density at radius 3 is 2.50 bits per heavy atom. The van der Waals surface area contributed by atoms with E-state index in [9.17, 15) is 13.2 Å². The molecule has 1 rings (SSSR count). The topological polar surface area (TPSA) is 0 Å². The molecule has 0 radical (unpaired) electrons. The summed E-state index contributed by atoms with van der Waals surface area (Å²) in [5.41, 5.74) is -1.27. The third-order valence-corrected chi connectivity index (χ3v) is 2.15. The lowest BCUT2D eigenvalue weighted by molar-refractivity contribution is -0.138. The zero-order valence-electron chi connectivity index (χ0n) is 8.39. The van der Waals surface area contributed by atoms with Gasteiger partial charge in [0, 0.05) is 8.04 Å². The van der Waals surface area contributed by atoms with E-state index in [0.29, 0.717) is 0 Å². The quantitative estimate of drug-likeness (QED) is 0.617. The molecule has 0 unspecified atom stereocenters. The molecule has 0 aliphatic carbocycles. The van der Waals surface area contributed by atoms with E-state index in [1.54, 1.807) is 22.6 Å². The van der Waals surface area contributed by atoms with Gasteiger partial charge in [0.25, 0.3) is 0 Å². The fraction of sp³-hybridized carbons (Fsp3) is 0.143. The van der Waals surface area contributed by atoms with Gasteiger partial charge in [-0.05, 0) is 40.7 Å². The predicted octanol–water partition coefficient (Wildman–Crippen LogP) is 4.07. The molecule has 0 saturated heterocycles. The van der Waals surface area contributed by atoms with Gasteiger partial charge < -0.3 is 0 Å². The molecule has 12 heavy (non-hydrogen) atoms. The average Bonchev–Trinajstić information content (AvgIpc) is 2.09. The van der Waals surface area contributed by atoms with E-state index in [2.05, 4.69) is 15.9 Å². The lowest BCUT2D eigenvalue weighted by Gasteiger charge is -2.08. The first kappa shape index (κ1) is 6.64. The summed E-state index contributed by atoms with van der Waals surface area (Å²) in [6.45, 7) is 0. The molecule has 0 saturated carbocycles. The number of benzene rings is 1. The lowest BCUT2D eigenvalue weighted by atomic mass is 10.2. The van der Waals surface area contributed by atoms with Gasteiger partial charge in [0.05, 0.1) is 9.68 Å². The molecule has 0 nitrogen and oxygen atoms in total. The second-order valence-corrected chi connectivity index (χ2v) is 3.75. The van der Waals surface area contributed by atoms with Gasteiger partial charge in [-0.2, -0.15) is 13.2 Å². The molecule has 1 aromatic rings. The van der Waals surface area contributed by atoms with Gasteiger partial charge in [0.2, 0.25) is 0 Å². The molecule has 0 aliphatic rings. The zero-order chi connectivity index (χ0) is 12.0. The van der Waals surface area contributed by atoms with Crippen molar-refractivity contribution in [1.82, 2.24) is 0 Å². The van der Waals surface area contributed by atoms with E-state index in [1.807, 2.05) is 0 Å². The number of hydrogen-bond acceptors (Lipinski definition) is 0. The Morgan fingerprint density at radius 2 is 2.00 bits per heavy atom. The molecular weight excluding hydrogens is 348 g/mol. The van der Waals surface area contributed by atoms with Gasteiger partial charge >= 0.3 is 6.18 Å². The summed E-state index contributed by atoms with van der Waals surface area (Å²) < 4.78 is 58.8. The highest BCUT2D eigenvalue weighted by atomic mass is 127. The molecule has 5 heteroatoms.